The lowest BCUT2D eigenvalue weighted by atomic mass is 9.68. The SMILES string of the molecule is COCCO[C@H]1/C=C/C[C@H](C)[C@@H](CCOC)S(=O)(=O)NC(=O)c2ccc3c(c2)N(C[C@@H]2CC[C@H]21)C[C@@]1(CCCc2cc(Cl)ccc21)CO3.COCCO[C@H]1/C=C/C[C@H](C)[C@H](CCOC)S(=O)(=O)NC(=O)c2ccc3c(c2)N(C[C@@H]2CC[C@H]21)C[C@@]1(CCCc2cc(Cl)ccc21)CO3. The van der Waals surface area contributed by atoms with Crippen LogP contribution in [0.5, 0.6) is 11.5 Å². The maximum absolute atomic E-state index is 13.8. The molecule has 2 amide bonds. The van der Waals surface area contributed by atoms with Crippen molar-refractivity contribution >= 4 is 66.4 Å². The number of methoxy groups -OCH3 is 4. The molecule has 12 atom stereocenters. The summed E-state index contributed by atoms with van der Waals surface area (Å²) in [7, 11) is -1.61. The zero-order valence-electron chi connectivity index (χ0n) is 56.6. The third kappa shape index (κ3) is 16.3. The van der Waals surface area contributed by atoms with Crippen LogP contribution in [0.3, 0.4) is 0 Å². The number of nitrogens with one attached hydrogen (secondary N) is 2. The molecule has 2 N–H and O–H groups in total. The normalized spacial score (nSPS) is 30.6. The highest BCUT2D eigenvalue weighted by Crippen LogP contribution is 2.50. The molecule has 2 saturated carbocycles. The number of nitrogens with zero attached hydrogens (tertiary/aromatic N) is 2. The Balaban J connectivity index is 0.000000195. The first-order valence-corrected chi connectivity index (χ1v) is 38.4. The first kappa shape index (κ1) is 72.0. The summed E-state index contributed by atoms with van der Waals surface area (Å²) in [5.41, 5.74) is 6.74. The minimum absolute atomic E-state index is 0.117. The Kier molecular flexibility index (Phi) is 24.0. The molecule has 18 nitrogen and oxygen atoms in total. The maximum Gasteiger partial charge on any atom is 0.264 e. The number of ether oxygens (including phenoxy) is 8. The van der Waals surface area contributed by atoms with E-state index in [1.54, 1.807) is 40.6 Å². The van der Waals surface area contributed by atoms with Crippen LogP contribution in [0.1, 0.15) is 134 Å². The van der Waals surface area contributed by atoms with Gasteiger partial charge in [-0.15, -0.1) is 0 Å². The third-order valence-electron chi connectivity index (χ3n) is 21.9. The Hall–Kier alpha value is -5.26. The number of carbonyl (C=O) groups is 2. The summed E-state index contributed by atoms with van der Waals surface area (Å²) in [5, 5.41) is -0.154. The van der Waals surface area contributed by atoms with Gasteiger partial charge in [0.15, 0.2) is 0 Å². The van der Waals surface area contributed by atoms with E-state index in [0.717, 1.165) is 98.7 Å². The number of amides is 2. The Morgan fingerprint density at radius 1 is 0.542 bits per heavy atom. The summed E-state index contributed by atoms with van der Waals surface area (Å²) in [6, 6.07) is 23.0. The Morgan fingerprint density at radius 3 is 1.34 bits per heavy atom. The van der Waals surface area contributed by atoms with Crippen LogP contribution in [0.15, 0.2) is 97.1 Å². The molecule has 4 aromatic rings. The van der Waals surface area contributed by atoms with Gasteiger partial charge in [0.1, 0.15) is 11.5 Å². The predicted molar refractivity (Wildman–Crippen MR) is 375 cm³/mol. The van der Waals surface area contributed by atoms with Crippen LogP contribution < -0.4 is 28.7 Å². The number of aryl methyl sites for hydroxylation is 2. The molecule has 2 fully saturated rings. The maximum atomic E-state index is 13.8. The molecule has 0 saturated heterocycles. The highest BCUT2D eigenvalue weighted by molar-refractivity contribution is 7.91. The fourth-order valence-electron chi connectivity index (χ4n) is 16.4. The van der Waals surface area contributed by atoms with Crippen LogP contribution in [-0.2, 0) is 72.1 Å². The molecule has 4 aromatic carbocycles. The molecule has 8 aliphatic rings. The van der Waals surface area contributed by atoms with Crippen LogP contribution in [0.2, 0.25) is 10.0 Å². The van der Waals surface area contributed by atoms with Gasteiger partial charge in [0.05, 0.1) is 73.7 Å². The summed E-state index contributed by atoms with van der Waals surface area (Å²) in [6.45, 7) is 10.3. The first-order chi connectivity index (χ1) is 46.3. The van der Waals surface area contributed by atoms with Crippen molar-refractivity contribution in [1.29, 1.82) is 0 Å². The van der Waals surface area contributed by atoms with Gasteiger partial charge in [0, 0.05) is 99.8 Å². The number of hydrogen-bond donors (Lipinski definition) is 2. The van der Waals surface area contributed by atoms with Gasteiger partial charge in [0.2, 0.25) is 20.0 Å². The molecule has 524 valence electrons. The largest absolute Gasteiger partial charge is 0.490 e. The second-order valence-electron chi connectivity index (χ2n) is 28.1. The molecule has 2 spiro atoms. The fourth-order valence-corrected chi connectivity index (χ4v) is 20.1. The number of allylic oxidation sites excluding steroid dienone is 2. The second-order valence-corrected chi connectivity index (χ2v) is 32.8. The van der Waals surface area contributed by atoms with Gasteiger partial charge in [0.25, 0.3) is 11.8 Å². The molecular formula is C74H98Cl2N4O14S2. The van der Waals surface area contributed by atoms with Crippen molar-refractivity contribution in [2.45, 2.75) is 137 Å². The number of hydrogen-bond acceptors (Lipinski definition) is 16. The summed E-state index contributed by atoms with van der Waals surface area (Å²) in [5.74, 6) is 0.904. The second kappa shape index (κ2) is 31.9. The van der Waals surface area contributed by atoms with E-state index >= 15 is 0 Å². The van der Waals surface area contributed by atoms with Gasteiger partial charge in [-0.1, -0.05) is 73.5 Å². The molecule has 12 rings (SSSR count). The quantitative estimate of drug-likeness (QED) is 0.0889. The summed E-state index contributed by atoms with van der Waals surface area (Å²) in [4.78, 5) is 32.1. The average molecular weight is 1400 g/mol. The molecule has 4 heterocycles. The number of benzene rings is 4. The van der Waals surface area contributed by atoms with Crippen molar-refractivity contribution in [1.82, 2.24) is 9.44 Å². The zero-order chi connectivity index (χ0) is 67.8. The van der Waals surface area contributed by atoms with Gasteiger partial charge in [-0.25, -0.2) is 26.3 Å². The highest BCUT2D eigenvalue weighted by atomic mass is 35.5. The molecule has 22 heteroatoms. The lowest BCUT2D eigenvalue weighted by Crippen LogP contribution is -2.49. The zero-order valence-corrected chi connectivity index (χ0v) is 59.7. The van der Waals surface area contributed by atoms with E-state index in [2.05, 4.69) is 67.8 Å². The van der Waals surface area contributed by atoms with Gasteiger partial charge in [-0.2, -0.15) is 0 Å². The van der Waals surface area contributed by atoms with Crippen LogP contribution in [0.25, 0.3) is 0 Å². The van der Waals surface area contributed by atoms with Crippen LogP contribution >= 0.6 is 23.2 Å². The van der Waals surface area contributed by atoms with Crippen LogP contribution in [0, 0.1) is 35.5 Å². The van der Waals surface area contributed by atoms with Gasteiger partial charge >= 0.3 is 0 Å². The Bertz CT molecular complexity index is 3430. The number of sulfonamides is 2. The van der Waals surface area contributed by atoms with Gasteiger partial charge in [-0.3, -0.25) is 9.59 Å². The molecule has 0 aromatic heterocycles. The van der Waals surface area contributed by atoms with Crippen molar-refractivity contribution in [3.8, 4) is 11.5 Å². The summed E-state index contributed by atoms with van der Waals surface area (Å²) in [6.07, 6.45) is 19.9. The Labute approximate surface area is 578 Å². The summed E-state index contributed by atoms with van der Waals surface area (Å²) < 4.78 is 107. The topological polar surface area (TPSA) is 207 Å². The molecule has 4 bridgehead atoms. The lowest BCUT2D eigenvalue weighted by molar-refractivity contribution is -0.0310. The highest BCUT2D eigenvalue weighted by Gasteiger charge is 2.48. The predicted octanol–water partition coefficient (Wildman–Crippen LogP) is 11.9. The monoisotopic (exact) mass is 1400 g/mol. The van der Waals surface area contributed by atoms with E-state index in [4.69, 9.17) is 61.1 Å². The lowest BCUT2D eigenvalue weighted by Gasteiger charge is -2.46. The van der Waals surface area contributed by atoms with Crippen LogP contribution in [0.4, 0.5) is 11.4 Å². The van der Waals surface area contributed by atoms with E-state index in [1.807, 2.05) is 50.2 Å². The Morgan fingerprint density at radius 2 is 0.958 bits per heavy atom. The average Bonchev–Trinajstić information content (AvgIpc) is 1.36. The number of carbonyl (C=O) groups excluding carboxylic acids is 2. The number of rotatable bonds is 14. The van der Waals surface area contributed by atoms with Crippen molar-refractivity contribution in [3.05, 3.63) is 141 Å². The molecule has 0 radical (unpaired) electrons. The molecule has 4 aliphatic heterocycles. The minimum atomic E-state index is -4.03. The standard InChI is InChI=1S/2C37H49ClN2O7S/c2*1-25-6-4-8-33(46-19-18-45-3)30-12-9-28(30)22-40-23-37(16-5-7-26-20-29(38)11-13-31(26)37)24-47-34-14-10-27(21-32(34)40)36(41)39-48(42,43)35(25)15-17-44-2/h2*4,8,10-11,13-14,20-21,25,28,30,33,35H,5-7,9,12,15-19,22-24H2,1-3H3,(H,39,41)/b2*8-4+/t25-,28-,30+,33-,35+,37-;25-,28-,30+,33-,35-,37-/m00/s1. The third-order valence-corrected chi connectivity index (χ3v) is 26.3. The first-order valence-electron chi connectivity index (χ1n) is 34.5. The van der Waals surface area contributed by atoms with Gasteiger partial charge < -0.3 is 47.7 Å². The number of anilines is 2. The van der Waals surface area contributed by atoms with E-state index in [-0.39, 0.29) is 72.1 Å². The van der Waals surface area contributed by atoms with E-state index in [0.29, 0.717) is 101 Å². The van der Waals surface area contributed by atoms with E-state index in [9.17, 15) is 26.4 Å². The molecule has 0 unspecified atom stereocenters. The van der Waals surface area contributed by atoms with E-state index in [1.165, 1.54) is 22.3 Å². The van der Waals surface area contributed by atoms with Crippen molar-refractivity contribution in [2.24, 2.45) is 35.5 Å². The smallest absolute Gasteiger partial charge is 0.264 e. The van der Waals surface area contributed by atoms with Crippen molar-refractivity contribution in [2.75, 3.05) is 117 Å². The fraction of sp³-hybridized carbons (Fsp3) is 0.595. The van der Waals surface area contributed by atoms with Crippen molar-refractivity contribution in [3.63, 3.8) is 0 Å². The van der Waals surface area contributed by atoms with Crippen molar-refractivity contribution < 1.29 is 64.3 Å². The summed E-state index contributed by atoms with van der Waals surface area (Å²) >= 11 is 12.9. The number of fused-ring (bicyclic) bond motifs is 8. The van der Waals surface area contributed by atoms with Crippen LogP contribution in [-0.4, -0.2) is 159 Å². The van der Waals surface area contributed by atoms with E-state index < -0.39 is 42.4 Å². The molecule has 96 heavy (non-hydrogen) atoms. The minimum Gasteiger partial charge on any atom is -0.490 e. The number of halogens is 2. The van der Waals surface area contributed by atoms with Gasteiger partial charge in [-0.05, 0) is 208 Å². The molecule has 4 aliphatic carbocycles. The molecular weight excluding hydrogens is 1300 g/mol.